The molecule has 0 bridgehead atoms. The molecule has 0 aliphatic carbocycles. The second kappa shape index (κ2) is 8.78. The molecular formula is C22H20ClFN2O. The number of carbonyl (C=O) groups excluding carboxylic acids is 1. The monoisotopic (exact) mass is 382 g/mol. The Labute approximate surface area is 162 Å². The zero-order chi connectivity index (χ0) is 19.2. The van der Waals surface area contributed by atoms with E-state index in [1.54, 1.807) is 18.2 Å². The summed E-state index contributed by atoms with van der Waals surface area (Å²) in [5.74, 6) is -0.311. The Morgan fingerprint density at radius 2 is 1.96 bits per heavy atom. The van der Waals surface area contributed by atoms with Crippen molar-refractivity contribution in [2.75, 3.05) is 5.88 Å². The second-order valence-corrected chi connectivity index (χ2v) is 6.75. The van der Waals surface area contributed by atoms with Crippen molar-refractivity contribution >= 4 is 28.4 Å². The van der Waals surface area contributed by atoms with E-state index in [2.05, 4.69) is 16.9 Å². The van der Waals surface area contributed by atoms with E-state index in [0.29, 0.717) is 29.7 Å². The minimum Gasteiger partial charge on any atom is -0.349 e. The fourth-order valence-corrected chi connectivity index (χ4v) is 3.10. The van der Waals surface area contributed by atoms with Gasteiger partial charge < -0.3 is 5.32 Å². The number of pyridine rings is 1. The molecule has 0 aliphatic rings. The quantitative estimate of drug-likeness (QED) is 0.466. The van der Waals surface area contributed by atoms with Crippen molar-refractivity contribution in [3.63, 3.8) is 0 Å². The first-order chi connectivity index (χ1) is 13.1. The Hall–Kier alpha value is -2.72. The smallest absolute Gasteiger partial charge is 0.253 e. The van der Waals surface area contributed by atoms with Crippen LogP contribution in [0, 0.1) is 5.82 Å². The van der Waals surface area contributed by atoms with Crippen molar-refractivity contribution in [3.05, 3.63) is 89.9 Å². The lowest BCUT2D eigenvalue weighted by atomic mass is 9.99. The van der Waals surface area contributed by atoms with Gasteiger partial charge in [-0.15, -0.1) is 11.6 Å². The summed E-state index contributed by atoms with van der Waals surface area (Å²) in [6, 6.07) is 16.1. The van der Waals surface area contributed by atoms with Crippen LogP contribution in [0.1, 0.15) is 22.3 Å². The van der Waals surface area contributed by atoms with Gasteiger partial charge in [0.05, 0.1) is 5.56 Å². The summed E-state index contributed by atoms with van der Waals surface area (Å²) in [4.78, 5) is 16.8. The molecule has 3 rings (SSSR count). The third kappa shape index (κ3) is 4.92. The Kier molecular flexibility index (Phi) is 6.20. The minimum absolute atomic E-state index is 0.144. The van der Waals surface area contributed by atoms with Crippen LogP contribution in [-0.2, 0) is 6.42 Å². The van der Waals surface area contributed by atoms with Crippen LogP contribution in [0.5, 0.6) is 0 Å². The largest absolute Gasteiger partial charge is 0.349 e. The van der Waals surface area contributed by atoms with E-state index in [1.807, 2.05) is 30.3 Å². The highest BCUT2D eigenvalue weighted by Gasteiger charge is 2.16. The molecule has 2 aromatic carbocycles. The van der Waals surface area contributed by atoms with E-state index in [-0.39, 0.29) is 17.5 Å². The van der Waals surface area contributed by atoms with Crippen LogP contribution in [0.25, 0.3) is 10.9 Å². The van der Waals surface area contributed by atoms with Gasteiger partial charge in [-0.05, 0) is 30.5 Å². The summed E-state index contributed by atoms with van der Waals surface area (Å²) < 4.78 is 13.8. The third-order valence-corrected chi connectivity index (χ3v) is 4.69. The lowest BCUT2D eigenvalue weighted by Crippen LogP contribution is -2.37. The molecule has 0 saturated carbocycles. The maximum atomic E-state index is 13.8. The van der Waals surface area contributed by atoms with Crippen LogP contribution in [-0.4, -0.2) is 22.8 Å². The summed E-state index contributed by atoms with van der Waals surface area (Å²) in [5.41, 5.74) is 2.62. The number of nitrogens with one attached hydrogen (secondary N) is 1. The van der Waals surface area contributed by atoms with Crippen molar-refractivity contribution in [1.29, 1.82) is 0 Å². The number of hydrogen-bond acceptors (Lipinski definition) is 2. The fourth-order valence-electron chi connectivity index (χ4n) is 2.99. The molecule has 5 heteroatoms. The van der Waals surface area contributed by atoms with Crippen LogP contribution in [0.15, 0.2) is 72.9 Å². The molecule has 0 aliphatic heterocycles. The SMILES string of the molecule is C=C(CCl)C[C@H](Cc1ccccc1)NC(=O)c1cnc2c(F)cccc2c1. The van der Waals surface area contributed by atoms with E-state index in [0.717, 1.165) is 11.1 Å². The number of benzene rings is 2. The van der Waals surface area contributed by atoms with Gasteiger partial charge in [0.1, 0.15) is 11.3 Å². The number of carbonyl (C=O) groups is 1. The van der Waals surface area contributed by atoms with Crippen LogP contribution in [0.3, 0.4) is 0 Å². The highest BCUT2D eigenvalue weighted by Crippen LogP contribution is 2.17. The van der Waals surface area contributed by atoms with Crippen molar-refractivity contribution in [2.24, 2.45) is 0 Å². The van der Waals surface area contributed by atoms with Gasteiger partial charge in [0, 0.05) is 23.5 Å². The van der Waals surface area contributed by atoms with Gasteiger partial charge in [-0.2, -0.15) is 0 Å². The van der Waals surface area contributed by atoms with Crippen molar-refractivity contribution < 1.29 is 9.18 Å². The van der Waals surface area contributed by atoms with E-state index < -0.39 is 5.82 Å². The zero-order valence-electron chi connectivity index (χ0n) is 14.8. The number of aromatic nitrogens is 1. The first kappa shape index (κ1) is 19.1. The summed E-state index contributed by atoms with van der Waals surface area (Å²) in [5, 5.41) is 3.62. The number of para-hydroxylation sites is 1. The number of alkyl halides is 1. The Morgan fingerprint density at radius 1 is 1.19 bits per heavy atom. The Balaban J connectivity index is 1.79. The average molecular weight is 383 g/mol. The zero-order valence-corrected chi connectivity index (χ0v) is 15.5. The van der Waals surface area contributed by atoms with E-state index in [4.69, 9.17) is 11.6 Å². The molecule has 1 N–H and O–H groups in total. The average Bonchev–Trinajstić information content (AvgIpc) is 2.68. The standard InChI is InChI=1S/C22H20ClFN2O/c1-15(13-23)10-19(11-16-6-3-2-4-7-16)26-22(27)18-12-17-8-5-9-20(24)21(17)25-14-18/h2-9,12,14,19H,1,10-11,13H2,(H,26,27)/t19-/m1/s1. The molecule has 0 radical (unpaired) electrons. The summed E-state index contributed by atoms with van der Waals surface area (Å²) in [6.45, 7) is 3.95. The molecule has 0 fully saturated rings. The molecule has 1 amide bonds. The van der Waals surface area contributed by atoms with Crippen molar-refractivity contribution in [2.45, 2.75) is 18.9 Å². The van der Waals surface area contributed by atoms with Crippen LogP contribution in [0.4, 0.5) is 4.39 Å². The first-order valence-electron chi connectivity index (χ1n) is 8.68. The third-order valence-electron chi connectivity index (χ3n) is 4.31. The normalized spacial score (nSPS) is 11.9. The summed E-state index contributed by atoms with van der Waals surface area (Å²) in [6.07, 6.45) is 2.65. The topological polar surface area (TPSA) is 42.0 Å². The van der Waals surface area contributed by atoms with Crippen molar-refractivity contribution in [3.8, 4) is 0 Å². The predicted molar refractivity (Wildman–Crippen MR) is 108 cm³/mol. The molecule has 27 heavy (non-hydrogen) atoms. The van der Waals surface area contributed by atoms with Gasteiger partial charge in [0.2, 0.25) is 0 Å². The molecule has 1 heterocycles. The number of halogens is 2. The predicted octanol–water partition coefficient (Wildman–Crippen LogP) is 4.90. The number of hydrogen-bond donors (Lipinski definition) is 1. The Bertz CT molecular complexity index is 959. The molecule has 0 spiro atoms. The van der Waals surface area contributed by atoms with E-state index in [9.17, 15) is 9.18 Å². The van der Waals surface area contributed by atoms with E-state index in [1.165, 1.54) is 12.3 Å². The van der Waals surface area contributed by atoms with E-state index >= 15 is 0 Å². The molecule has 0 unspecified atom stereocenters. The minimum atomic E-state index is -0.403. The first-order valence-corrected chi connectivity index (χ1v) is 9.22. The lowest BCUT2D eigenvalue weighted by molar-refractivity contribution is 0.0936. The summed E-state index contributed by atoms with van der Waals surface area (Å²) in [7, 11) is 0. The molecule has 0 saturated heterocycles. The molecular weight excluding hydrogens is 363 g/mol. The van der Waals surface area contributed by atoms with Crippen molar-refractivity contribution in [1.82, 2.24) is 10.3 Å². The number of nitrogens with zero attached hydrogens (tertiary/aromatic N) is 1. The van der Waals surface area contributed by atoms with Gasteiger partial charge >= 0.3 is 0 Å². The van der Waals surface area contributed by atoms with Crippen LogP contribution < -0.4 is 5.32 Å². The summed E-state index contributed by atoms with van der Waals surface area (Å²) >= 11 is 5.88. The number of rotatable bonds is 7. The van der Waals surface area contributed by atoms with Gasteiger partial charge in [-0.25, -0.2) is 4.39 Å². The van der Waals surface area contributed by atoms with Crippen LogP contribution in [0.2, 0.25) is 0 Å². The second-order valence-electron chi connectivity index (χ2n) is 6.48. The Morgan fingerprint density at radius 3 is 2.70 bits per heavy atom. The lowest BCUT2D eigenvalue weighted by Gasteiger charge is -2.20. The molecule has 138 valence electrons. The molecule has 1 atom stereocenters. The maximum absolute atomic E-state index is 13.8. The maximum Gasteiger partial charge on any atom is 0.253 e. The van der Waals surface area contributed by atoms with Gasteiger partial charge in [-0.1, -0.05) is 54.6 Å². The van der Waals surface area contributed by atoms with Crippen LogP contribution >= 0.6 is 11.6 Å². The highest BCUT2D eigenvalue weighted by atomic mass is 35.5. The fraction of sp³-hybridized carbons (Fsp3) is 0.182. The van der Waals surface area contributed by atoms with Gasteiger partial charge in [0.25, 0.3) is 5.91 Å². The van der Waals surface area contributed by atoms with Gasteiger partial charge in [0.15, 0.2) is 0 Å². The van der Waals surface area contributed by atoms with Gasteiger partial charge in [-0.3, -0.25) is 9.78 Å². The molecule has 3 aromatic rings. The molecule has 1 aromatic heterocycles. The number of fused-ring (bicyclic) bond motifs is 1. The highest BCUT2D eigenvalue weighted by molar-refractivity contribution is 6.19. The number of amides is 1. The molecule has 3 nitrogen and oxygen atoms in total.